The maximum absolute atomic E-state index is 13.8. The Morgan fingerprint density at radius 1 is 0.650 bits per heavy atom. The van der Waals surface area contributed by atoms with Crippen molar-refractivity contribution >= 4 is 33.6 Å². The van der Waals surface area contributed by atoms with Gasteiger partial charge in [-0.2, -0.15) is 0 Å². The molecule has 1 N–H and O–H groups in total. The number of hydrogen-bond donors (Lipinski definition) is 1. The van der Waals surface area contributed by atoms with Crippen LogP contribution in [0.25, 0.3) is 10.7 Å². The first kappa shape index (κ1) is 41.2. The Kier molecular flexibility index (Phi) is 14.2. The lowest BCUT2D eigenvalue weighted by Crippen LogP contribution is -2.62. The fourth-order valence-electron chi connectivity index (χ4n) is 6.94. The zero-order valence-electron chi connectivity index (χ0n) is 33.0. The van der Waals surface area contributed by atoms with E-state index in [-0.39, 0.29) is 12.4 Å². The van der Waals surface area contributed by atoms with Crippen LogP contribution in [0.2, 0.25) is 0 Å². The minimum atomic E-state index is -0.576. The molecule has 7 aromatic rings. The number of ketones is 1. The molecule has 0 unspecified atom stereocenters. The van der Waals surface area contributed by atoms with Gasteiger partial charge in [0.25, 0.3) is 0 Å². The van der Waals surface area contributed by atoms with Gasteiger partial charge in [-0.1, -0.05) is 133 Å². The van der Waals surface area contributed by atoms with Crippen LogP contribution in [-0.4, -0.2) is 69.4 Å². The van der Waals surface area contributed by atoms with Gasteiger partial charge in [0.15, 0.2) is 5.13 Å². The second kappa shape index (κ2) is 20.6. The van der Waals surface area contributed by atoms with Crippen molar-refractivity contribution in [3.63, 3.8) is 0 Å². The molecule has 1 aliphatic rings. The van der Waals surface area contributed by atoms with Gasteiger partial charge in [-0.3, -0.25) is 14.8 Å². The van der Waals surface area contributed by atoms with Crippen LogP contribution in [-0.2, 0) is 50.1 Å². The van der Waals surface area contributed by atoms with E-state index < -0.39 is 30.5 Å². The second-order valence-electron chi connectivity index (χ2n) is 14.3. The van der Waals surface area contributed by atoms with Crippen LogP contribution in [0, 0.1) is 6.92 Å². The fraction of sp³-hybridized carbons (Fsp3) is 0.255. The van der Waals surface area contributed by atoms with Gasteiger partial charge in [-0.25, -0.2) is 9.97 Å². The van der Waals surface area contributed by atoms with Crippen molar-refractivity contribution in [2.75, 3.05) is 18.5 Å². The number of aryl methyl sites for hydroxylation is 1. The number of nitrogens with one attached hydrogen (secondary N) is 1. The number of benzene rings is 4. The molecule has 1 fully saturated rings. The summed E-state index contributed by atoms with van der Waals surface area (Å²) in [6, 6.07) is 40.3. The molecule has 4 aromatic carbocycles. The summed E-state index contributed by atoms with van der Waals surface area (Å²) in [7, 11) is 0. The summed E-state index contributed by atoms with van der Waals surface area (Å²) in [6.07, 6.45) is 3.71. The summed E-state index contributed by atoms with van der Waals surface area (Å²) in [5, 5.41) is 4.68. The van der Waals surface area contributed by atoms with Crippen LogP contribution in [0.5, 0.6) is 0 Å². The summed E-state index contributed by atoms with van der Waals surface area (Å²) in [6.45, 7) is 3.82. The first-order valence-electron chi connectivity index (χ1n) is 19.8. The zero-order valence-corrected chi connectivity index (χ0v) is 34.7. The van der Waals surface area contributed by atoms with Crippen LogP contribution < -0.4 is 5.32 Å². The number of anilines is 1. The standard InChI is InChI=1S/C47H45N5O6S2/c1-32-45(60-46(52-32)37-24-48-22-23-49-37)41(53)40-26-51-47(59-40)50-25-38-42(55-28-34-16-8-3-9-17-34)44(57-30-36-20-12-5-13-21-36)43(56-29-35-18-10-4-11-19-35)39(58-38)31-54-27-33-14-6-2-7-15-33/h2-24,26,38-39,42-44H,25,27-31H2,1H3,(H,50,51)/t38-,39-,42-,43-,44-/m1/s1. The minimum Gasteiger partial charge on any atom is -0.374 e. The predicted octanol–water partition coefficient (Wildman–Crippen LogP) is 8.75. The van der Waals surface area contributed by atoms with Crippen molar-refractivity contribution < 1.29 is 28.5 Å². The average molecular weight is 840 g/mol. The van der Waals surface area contributed by atoms with Crippen molar-refractivity contribution in [2.24, 2.45) is 0 Å². The third kappa shape index (κ3) is 10.8. The summed E-state index contributed by atoms with van der Waals surface area (Å²) >= 11 is 2.58. The highest BCUT2D eigenvalue weighted by atomic mass is 32.1. The van der Waals surface area contributed by atoms with E-state index in [1.165, 1.54) is 22.7 Å². The molecule has 0 saturated carbocycles. The summed E-state index contributed by atoms with van der Waals surface area (Å²) in [4.78, 5) is 32.5. The third-order valence-corrected chi connectivity index (χ3v) is 12.1. The van der Waals surface area contributed by atoms with E-state index in [1.807, 2.05) is 128 Å². The lowest BCUT2D eigenvalue weighted by atomic mass is 9.93. The van der Waals surface area contributed by atoms with Gasteiger partial charge in [0, 0.05) is 18.9 Å². The van der Waals surface area contributed by atoms with Crippen molar-refractivity contribution in [1.29, 1.82) is 0 Å². The molecule has 11 nitrogen and oxygen atoms in total. The number of hydrogen-bond acceptors (Lipinski definition) is 13. The van der Waals surface area contributed by atoms with E-state index in [4.69, 9.17) is 23.7 Å². The van der Waals surface area contributed by atoms with Crippen molar-refractivity contribution in [1.82, 2.24) is 19.9 Å². The van der Waals surface area contributed by atoms with E-state index in [0.717, 1.165) is 22.3 Å². The normalized spacial score (nSPS) is 18.9. The van der Waals surface area contributed by atoms with E-state index in [0.29, 0.717) is 64.3 Å². The van der Waals surface area contributed by atoms with Crippen LogP contribution in [0.4, 0.5) is 5.13 Å². The van der Waals surface area contributed by atoms with Gasteiger partial charge in [-0.15, -0.1) is 11.3 Å². The Hall–Kier alpha value is -5.51. The van der Waals surface area contributed by atoms with Crippen molar-refractivity contribution in [3.05, 3.63) is 184 Å². The summed E-state index contributed by atoms with van der Waals surface area (Å²) in [5.41, 5.74) is 5.39. The largest absolute Gasteiger partial charge is 0.374 e. The molecule has 60 heavy (non-hydrogen) atoms. The van der Waals surface area contributed by atoms with E-state index in [2.05, 4.69) is 25.3 Å². The number of nitrogens with zero attached hydrogens (tertiary/aromatic N) is 4. The Labute approximate surface area is 357 Å². The molecule has 13 heteroatoms. The topological polar surface area (TPSA) is 127 Å². The Morgan fingerprint density at radius 2 is 1.20 bits per heavy atom. The quantitative estimate of drug-likeness (QED) is 0.0786. The second-order valence-corrected chi connectivity index (χ2v) is 16.3. The Morgan fingerprint density at radius 3 is 1.77 bits per heavy atom. The Balaban J connectivity index is 1.06. The smallest absolute Gasteiger partial charge is 0.216 e. The highest BCUT2D eigenvalue weighted by Gasteiger charge is 2.48. The molecule has 8 rings (SSSR count). The van der Waals surface area contributed by atoms with Gasteiger partial charge in [0.05, 0.1) is 60.9 Å². The highest BCUT2D eigenvalue weighted by Crippen LogP contribution is 2.33. The molecular formula is C47H45N5O6S2. The zero-order chi connectivity index (χ0) is 40.9. The number of thiazole rings is 2. The summed E-state index contributed by atoms with van der Waals surface area (Å²) in [5.74, 6) is -0.146. The molecule has 306 valence electrons. The molecular weight excluding hydrogens is 795 g/mol. The Bertz CT molecular complexity index is 2370. The van der Waals surface area contributed by atoms with E-state index in [1.54, 1.807) is 24.8 Å². The molecule has 3 aromatic heterocycles. The lowest BCUT2D eigenvalue weighted by molar-refractivity contribution is -0.269. The minimum absolute atomic E-state index is 0.146. The predicted molar refractivity (Wildman–Crippen MR) is 232 cm³/mol. The monoisotopic (exact) mass is 839 g/mol. The van der Waals surface area contributed by atoms with Crippen LogP contribution >= 0.6 is 22.7 Å². The molecule has 1 saturated heterocycles. The number of ether oxygens (including phenoxy) is 5. The van der Waals surface area contributed by atoms with Crippen molar-refractivity contribution in [2.45, 2.75) is 63.9 Å². The third-order valence-electron chi connectivity index (χ3n) is 9.95. The maximum Gasteiger partial charge on any atom is 0.216 e. The molecule has 4 heterocycles. The van der Waals surface area contributed by atoms with Gasteiger partial charge in [0.2, 0.25) is 5.78 Å². The molecule has 0 spiro atoms. The first-order valence-corrected chi connectivity index (χ1v) is 21.4. The first-order chi connectivity index (χ1) is 29.6. The van der Waals surface area contributed by atoms with Gasteiger partial charge >= 0.3 is 0 Å². The molecule has 0 aliphatic carbocycles. The van der Waals surface area contributed by atoms with Crippen LogP contribution in [0.1, 0.15) is 42.5 Å². The van der Waals surface area contributed by atoms with Crippen LogP contribution in [0.3, 0.4) is 0 Å². The van der Waals surface area contributed by atoms with E-state index in [9.17, 15) is 4.79 Å². The van der Waals surface area contributed by atoms with Gasteiger partial charge < -0.3 is 29.0 Å². The number of carbonyl (C=O) groups excluding carboxylic acids is 1. The van der Waals surface area contributed by atoms with Crippen molar-refractivity contribution in [3.8, 4) is 10.7 Å². The average Bonchev–Trinajstić information content (AvgIpc) is 3.95. The van der Waals surface area contributed by atoms with Gasteiger partial charge in [0.1, 0.15) is 41.2 Å². The number of rotatable bonds is 19. The molecule has 0 amide bonds. The fourth-order valence-corrected chi connectivity index (χ4v) is 8.75. The molecule has 0 bridgehead atoms. The van der Waals surface area contributed by atoms with E-state index >= 15 is 0 Å². The molecule has 0 radical (unpaired) electrons. The molecule has 5 atom stereocenters. The number of aromatic nitrogens is 4. The highest BCUT2D eigenvalue weighted by molar-refractivity contribution is 7.20. The lowest BCUT2D eigenvalue weighted by Gasteiger charge is -2.46. The SMILES string of the molecule is Cc1nc(-c2cnccn2)sc1C(=O)c1cnc(NC[C@H]2O[C@H](COCc3ccccc3)[C@@H](OCc3ccccc3)[C@H](OCc3ccccc3)[C@@H]2OCc2ccccc2)s1. The summed E-state index contributed by atoms with van der Waals surface area (Å²) < 4.78 is 33.9. The van der Waals surface area contributed by atoms with Gasteiger partial charge in [-0.05, 0) is 29.2 Å². The van der Waals surface area contributed by atoms with Crippen LogP contribution in [0.15, 0.2) is 146 Å². The maximum atomic E-state index is 13.8. The molecule has 1 aliphatic heterocycles. The number of carbonyl (C=O) groups is 1.